The number of hydrogen-bond acceptors (Lipinski definition) is 6. The summed E-state index contributed by atoms with van der Waals surface area (Å²) in [5, 5.41) is 0. The van der Waals surface area contributed by atoms with E-state index in [-0.39, 0.29) is 18.3 Å². The summed E-state index contributed by atoms with van der Waals surface area (Å²) < 4.78 is 10.1. The van der Waals surface area contributed by atoms with Gasteiger partial charge in [-0.3, -0.25) is 19.2 Å². The lowest BCUT2D eigenvalue weighted by molar-refractivity contribution is -0.156. The van der Waals surface area contributed by atoms with E-state index in [0.29, 0.717) is 0 Å². The van der Waals surface area contributed by atoms with Crippen molar-refractivity contribution in [3.63, 3.8) is 0 Å². The molecule has 5 atom stereocenters. The van der Waals surface area contributed by atoms with E-state index in [0.717, 1.165) is 42.4 Å². The molecule has 0 radical (unpaired) electrons. The Bertz CT molecular complexity index is 1010. The summed E-state index contributed by atoms with van der Waals surface area (Å²) >= 11 is 0. The third-order valence-corrected chi connectivity index (χ3v) is 8.92. The minimum absolute atomic E-state index is 0.0201. The third-order valence-electron chi connectivity index (χ3n) is 8.92. The van der Waals surface area contributed by atoms with Crippen molar-refractivity contribution in [2.75, 3.05) is 0 Å². The lowest BCUT2D eigenvalue weighted by Gasteiger charge is -2.40. The highest BCUT2D eigenvalue weighted by atomic mass is 16.6. The van der Waals surface area contributed by atoms with E-state index in [4.69, 9.17) is 9.47 Å². The van der Waals surface area contributed by atoms with E-state index < -0.39 is 41.6 Å². The van der Waals surface area contributed by atoms with E-state index in [1.165, 1.54) is 64.2 Å². The minimum atomic E-state index is -0.631. The van der Waals surface area contributed by atoms with Gasteiger partial charge in [0.2, 0.25) is 0 Å². The van der Waals surface area contributed by atoms with Gasteiger partial charge in [-0.15, -0.1) is 0 Å². The van der Waals surface area contributed by atoms with Crippen molar-refractivity contribution in [1.29, 1.82) is 0 Å². The molecule has 1 aromatic rings. The molecule has 6 heteroatoms. The molecule has 4 rings (SSSR count). The second kappa shape index (κ2) is 13.5. The third kappa shape index (κ3) is 6.55. The summed E-state index contributed by atoms with van der Waals surface area (Å²) in [7, 11) is 0. The van der Waals surface area contributed by atoms with Gasteiger partial charge < -0.3 is 9.47 Å². The van der Waals surface area contributed by atoms with Gasteiger partial charge >= 0.3 is 23.9 Å². The maximum absolute atomic E-state index is 12.9. The SMILES string of the molecule is CCCCCCCCCCCCCCCC1C2C(=O)OC(=O)C2c2cc(C)ccc2C1C1CC(=O)OC1=O. The Morgan fingerprint density at radius 1 is 0.684 bits per heavy atom. The average molecular weight is 525 g/mol. The van der Waals surface area contributed by atoms with Crippen LogP contribution in [0.3, 0.4) is 0 Å². The number of carbonyl (C=O) groups excluding carboxylic acids is 4. The molecule has 5 unspecified atom stereocenters. The molecule has 0 amide bonds. The van der Waals surface area contributed by atoms with Crippen LogP contribution in [0.25, 0.3) is 0 Å². The average Bonchev–Trinajstić information content (AvgIpc) is 3.38. The van der Waals surface area contributed by atoms with Crippen LogP contribution in [-0.2, 0) is 28.7 Å². The Morgan fingerprint density at radius 2 is 1.29 bits per heavy atom. The van der Waals surface area contributed by atoms with Crippen molar-refractivity contribution >= 4 is 23.9 Å². The molecule has 2 heterocycles. The molecule has 1 aromatic carbocycles. The zero-order valence-corrected chi connectivity index (χ0v) is 23.2. The zero-order valence-electron chi connectivity index (χ0n) is 23.2. The van der Waals surface area contributed by atoms with Gasteiger partial charge in [0.1, 0.15) is 0 Å². The first-order valence-electron chi connectivity index (χ1n) is 15.0. The standard InChI is InChI=1S/C32H44O6/c1-3-4-5-6-7-8-9-10-11-12-13-14-15-16-23-27(25-20-26(33)37-30(25)34)22-18-17-21(2)19-24(22)29-28(23)31(35)38-32(29)36/h17-19,23,25,27-29H,3-16,20H2,1-2H3. The molecule has 3 aliphatic rings. The molecule has 2 aliphatic heterocycles. The largest absolute Gasteiger partial charge is 0.393 e. The van der Waals surface area contributed by atoms with Crippen molar-refractivity contribution in [3.05, 3.63) is 34.9 Å². The van der Waals surface area contributed by atoms with Crippen molar-refractivity contribution in [2.45, 2.75) is 122 Å². The molecule has 2 saturated heterocycles. The van der Waals surface area contributed by atoms with Gasteiger partial charge in [-0.05, 0) is 30.4 Å². The summed E-state index contributed by atoms with van der Waals surface area (Å²) in [4.78, 5) is 50.4. The van der Waals surface area contributed by atoms with Crippen LogP contribution in [0.1, 0.15) is 132 Å². The van der Waals surface area contributed by atoms with Gasteiger partial charge in [0.25, 0.3) is 0 Å². The molecule has 208 valence electrons. The molecule has 0 N–H and O–H groups in total. The van der Waals surface area contributed by atoms with Crippen LogP contribution >= 0.6 is 0 Å². The Balaban J connectivity index is 1.35. The molecule has 0 aromatic heterocycles. The summed E-state index contributed by atoms with van der Waals surface area (Å²) in [6.45, 7) is 4.20. The van der Waals surface area contributed by atoms with Crippen molar-refractivity contribution in [3.8, 4) is 0 Å². The number of unbranched alkanes of at least 4 members (excludes halogenated alkanes) is 12. The van der Waals surface area contributed by atoms with Gasteiger partial charge in [0, 0.05) is 5.92 Å². The molecule has 0 saturated carbocycles. The Hall–Kier alpha value is -2.50. The normalized spacial score (nSPS) is 26.3. The molecular formula is C32H44O6. The molecule has 1 aliphatic carbocycles. The van der Waals surface area contributed by atoms with Crippen molar-refractivity contribution in [2.24, 2.45) is 17.8 Å². The first-order chi connectivity index (χ1) is 18.4. The van der Waals surface area contributed by atoms with Gasteiger partial charge in [-0.1, -0.05) is 114 Å². The fourth-order valence-corrected chi connectivity index (χ4v) is 7.01. The number of hydrogen-bond donors (Lipinski definition) is 0. The number of aryl methyl sites for hydroxylation is 1. The minimum Gasteiger partial charge on any atom is -0.393 e. The van der Waals surface area contributed by atoms with Gasteiger partial charge in [-0.25, -0.2) is 0 Å². The zero-order chi connectivity index (χ0) is 27.1. The first-order valence-corrected chi connectivity index (χ1v) is 15.0. The Morgan fingerprint density at radius 3 is 1.87 bits per heavy atom. The summed E-state index contributed by atoms with van der Waals surface area (Å²) in [5.74, 6) is -4.44. The van der Waals surface area contributed by atoms with Crippen LogP contribution in [-0.4, -0.2) is 23.9 Å². The number of cyclic esters (lactones) is 4. The van der Waals surface area contributed by atoms with Crippen LogP contribution in [0.4, 0.5) is 0 Å². The van der Waals surface area contributed by atoms with Crippen LogP contribution in [0, 0.1) is 24.7 Å². The highest BCUT2D eigenvalue weighted by Crippen LogP contribution is 2.55. The van der Waals surface area contributed by atoms with Crippen LogP contribution < -0.4 is 0 Å². The van der Waals surface area contributed by atoms with E-state index in [1.54, 1.807) is 0 Å². The monoisotopic (exact) mass is 524 g/mol. The lowest BCUT2D eigenvalue weighted by atomic mass is 9.59. The molecule has 38 heavy (non-hydrogen) atoms. The first kappa shape index (κ1) is 28.5. The van der Waals surface area contributed by atoms with E-state index in [1.807, 2.05) is 25.1 Å². The molecule has 0 spiro atoms. The maximum atomic E-state index is 12.9. The van der Waals surface area contributed by atoms with E-state index in [2.05, 4.69) is 6.92 Å². The fraction of sp³-hybridized carbons (Fsp3) is 0.688. The second-order valence-corrected chi connectivity index (χ2v) is 11.7. The van der Waals surface area contributed by atoms with E-state index in [9.17, 15) is 19.2 Å². The number of rotatable bonds is 15. The van der Waals surface area contributed by atoms with Crippen LogP contribution in [0.2, 0.25) is 0 Å². The maximum Gasteiger partial charge on any atom is 0.321 e. The van der Waals surface area contributed by atoms with Crippen LogP contribution in [0.15, 0.2) is 18.2 Å². The number of ether oxygens (including phenoxy) is 2. The lowest BCUT2D eigenvalue weighted by Crippen LogP contribution is -2.39. The van der Waals surface area contributed by atoms with Crippen molar-refractivity contribution < 1.29 is 28.7 Å². The van der Waals surface area contributed by atoms with Gasteiger partial charge in [0.05, 0.1) is 24.2 Å². The number of benzene rings is 1. The number of carbonyl (C=O) groups is 4. The summed E-state index contributed by atoms with van der Waals surface area (Å²) in [5.41, 5.74) is 2.64. The number of esters is 4. The molecule has 0 bridgehead atoms. The van der Waals surface area contributed by atoms with Gasteiger partial charge in [0.15, 0.2) is 0 Å². The summed E-state index contributed by atoms with van der Waals surface area (Å²) in [6, 6.07) is 5.87. The molecule has 6 nitrogen and oxygen atoms in total. The summed E-state index contributed by atoms with van der Waals surface area (Å²) in [6.07, 6.45) is 17.0. The quantitative estimate of drug-likeness (QED) is 0.139. The predicted octanol–water partition coefficient (Wildman–Crippen LogP) is 7.06. The second-order valence-electron chi connectivity index (χ2n) is 11.7. The van der Waals surface area contributed by atoms with Gasteiger partial charge in [-0.2, -0.15) is 0 Å². The van der Waals surface area contributed by atoms with Crippen LogP contribution in [0.5, 0.6) is 0 Å². The number of fused-ring (bicyclic) bond motifs is 3. The highest BCUT2D eigenvalue weighted by Gasteiger charge is 2.58. The van der Waals surface area contributed by atoms with E-state index >= 15 is 0 Å². The smallest absolute Gasteiger partial charge is 0.321 e. The Labute approximate surface area is 227 Å². The highest BCUT2D eigenvalue weighted by molar-refractivity contribution is 6.01. The molecular weight excluding hydrogens is 480 g/mol. The van der Waals surface area contributed by atoms with Crippen molar-refractivity contribution in [1.82, 2.24) is 0 Å². The predicted molar refractivity (Wildman–Crippen MR) is 144 cm³/mol. The molecule has 2 fully saturated rings. The Kier molecular flexibility index (Phi) is 10.1. The fourth-order valence-electron chi connectivity index (χ4n) is 7.01. The topological polar surface area (TPSA) is 86.7 Å².